The fourth-order valence-electron chi connectivity index (χ4n) is 1.49. The summed E-state index contributed by atoms with van der Waals surface area (Å²) in [6.07, 6.45) is 2.01. The Hall–Kier alpha value is -2.15. The van der Waals surface area contributed by atoms with Crippen molar-refractivity contribution in [3.05, 3.63) is 33.9 Å². The molecule has 19 heavy (non-hydrogen) atoms. The second kappa shape index (κ2) is 7.32. The molecule has 0 aliphatic rings. The number of unbranched alkanes of at least 4 members (excludes halogenated alkanes) is 2. The highest BCUT2D eigenvalue weighted by atomic mass is 16.6. The quantitative estimate of drug-likeness (QED) is 0.423. The Morgan fingerprint density at radius 2 is 2.05 bits per heavy atom. The second-order valence-corrected chi connectivity index (χ2v) is 3.88. The lowest BCUT2D eigenvalue weighted by Gasteiger charge is -2.07. The minimum absolute atomic E-state index is 0.0473. The summed E-state index contributed by atoms with van der Waals surface area (Å²) < 4.78 is 5.25. The first kappa shape index (κ1) is 14.9. The molecule has 0 radical (unpaired) electrons. The highest BCUT2D eigenvalue weighted by Gasteiger charge is 2.17. The van der Waals surface area contributed by atoms with Crippen molar-refractivity contribution >= 4 is 11.7 Å². The van der Waals surface area contributed by atoms with Gasteiger partial charge in [0, 0.05) is 18.7 Å². The summed E-state index contributed by atoms with van der Waals surface area (Å²) in [4.78, 5) is 21.0. The molecule has 0 saturated carbocycles. The van der Waals surface area contributed by atoms with Gasteiger partial charge < -0.3 is 14.9 Å². The first-order chi connectivity index (χ1) is 9.06. The molecule has 7 nitrogen and oxygen atoms in total. The molecule has 0 atom stereocenters. The van der Waals surface area contributed by atoms with Gasteiger partial charge in [-0.3, -0.25) is 10.1 Å². The highest BCUT2D eigenvalue weighted by Crippen LogP contribution is 2.28. The van der Waals surface area contributed by atoms with E-state index in [1.54, 1.807) is 0 Å². The van der Waals surface area contributed by atoms with Crippen molar-refractivity contribution in [3.63, 3.8) is 0 Å². The summed E-state index contributed by atoms with van der Waals surface area (Å²) >= 11 is 0. The van der Waals surface area contributed by atoms with Gasteiger partial charge in [-0.1, -0.05) is 0 Å². The predicted molar refractivity (Wildman–Crippen MR) is 66.5 cm³/mol. The van der Waals surface area contributed by atoms with Crippen LogP contribution in [0.4, 0.5) is 5.69 Å². The average molecular weight is 269 g/mol. The third-order valence-electron chi connectivity index (χ3n) is 2.46. The molecule has 0 heterocycles. The van der Waals surface area contributed by atoms with Gasteiger partial charge in [0.2, 0.25) is 0 Å². The summed E-state index contributed by atoms with van der Waals surface area (Å²) in [6, 6.07) is 3.43. The number of rotatable bonds is 8. The molecule has 1 aromatic rings. The number of ether oxygens (including phenoxy) is 1. The van der Waals surface area contributed by atoms with Crippen LogP contribution in [0.2, 0.25) is 0 Å². The van der Waals surface area contributed by atoms with Crippen molar-refractivity contribution in [1.29, 1.82) is 0 Å². The maximum atomic E-state index is 10.8. The Bertz CT molecular complexity index is 460. The van der Waals surface area contributed by atoms with Crippen molar-refractivity contribution in [2.45, 2.75) is 19.3 Å². The van der Waals surface area contributed by atoms with Crippen molar-refractivity contribution in [1.82, 2.24) is 0 Å². The number of aliphatic hydroxyl groups excluding tert-OH is 1. The lowest BCUT2D eigenvalue weighted by molar-refractivity contribution is -0.385. The molecule has 0 bridgehead atoms. The molecule has 104 valence electrons. The first-order valence-electron chi connectivity index (χ1n) is 5.81. The Morgan fingerprint density at radius 1 is 1.32 bits per heavy atom. The maximum absolute atomic E-state index is 10.8. The van der Waals surface area contributed by atoms with Gasteiger partial charge in [-0.05, 0) is 25.3 Å². The van der Waals surface area contributed by atoms with Crippen LogP contribution in [-0.2, 0) is 0 Å². The van der Waals surface area contributed by atoms with Crippen LogP contribution in [0, 0.1) is 10.1 Å². The molecule has 0 aromatic heterocycles. The molecule has 0 aliphatic carbocycles. The van der Waals surface area contributed by atoms with Crippen LogP contribution < -0.4 is 4.74 Å². The third kappa shape index (κ3) is 4.55. The highest BCUT2D eigenvalue weighted by molar-refractivity contribution is 5.88. The van der Waals surface area contributed by atoms with Crippen molar-refractivity contribution < 1.29 is 24.7 Å². The van der Waals surface area contributed by atoms with E-state index in [2.05, 4.69) is 0 Å². The Kier molecular flexibility index (Phi) is 5.74. The van der Waals surface area contributed by atoms with Crippen LogP contribution >= 0.6 is 0 Å². The number of aliphatic hydroxyl groups is 1. The Morgan fingerprint density at radius 3 is 2.63 bits per heavy atom. The third-order valence-corrected chi connectivity index (χ3v) is 2.46. The zero-order valence-corrected chi connectivity index (χ0v) is 10.2. The summed E-state index contributed by atoms with van der Waals surface area (Å²) in [5, 5.41) is 28.2. The molecule has 2 N–H and O–H groups in total. The zero-order valence-electron chi connectivity index (χ0n) is 10.2. The number of nitro groups is 1. The molecule has 1 aromatic carbocycles. The van der Waals surface area contributed by atoms with E-state index in [0.717, 1.165) is 18.6 Å². The van der Waals surface area contributed by atoms with E-state index in [9.17, 15) is 14.9 Å². The van der Waals surface area contributed by atoms with Crippen molar-refractivity contribution in [2.75, 3.05) is 13.2 Å². The van der Waals surface area contributed by atoms with Gasteiger partial charge in [0.05, 0.1) is 17.1 Å². The molecule has 0 spiro atoms. The van der Waals surface area contributed by atoms with Gasteiger partial charge in [-0.15, -0.1) is 0 Å². The molecule has 7 heteroatoms. The molecular formula is C12H15NO6. The molecular weight excluding hydrogens is 254 g/mol. The van der Waals surface area contributed by atoms with Gasteiger partial charge >= 0.3 is 11.7 Å². The van der Waals surface area contributed by atoms with Crippen LogP contribution in [0.25, 0.3) is 0 Å². The van der Waals surface area contributed by atoms with E-state index in [4.69, 9.17) is 14.9 Å². The molecule has 0 aliphatic heterocycles. The van der Waals surface area contributed by atoms with E-state index in [-0.39, 0.29) is 30.2 Å². The number of carbonyl (C=O) groups is 1. The molecule has 1 rings (SSSR count). The van der Waals surface area contributed by atoms with Gasteiger partial charge in [0.15, 0.2) is 5.75 Å². The maximum Gasteiger partial charge on any atom is 0.335 e. The summed E-state index contributed by atoms with van der Waals surface area (Å²) in [5.74, 6) is -1.21. The van der Waals surface area contributed by atoms with Crippen LogP contribution in [0.1, 0.15) is 29.6 Å². The average Bonchev–Trinajstić information content (AvgIpc) is 2.38. The number of aromatic carboxylic acids is 1. The van der Waals surface area contributed by atoms with Gasteiger partial charge in [0.25, 0.3) is 0 Å². The first-order valence-corrected chi connectivity index (χ1v) is 5.81. The van der Waals surface area contributed by atoms with E-state index in [1.807, 2.05) is 0 Å². The van der Waals surface area contributed by atoms with Crippen molar-refractivity contribution in [3.8, 4) is 5.75 Å². The van der Waals surface area contributed by atoms with E-state index >= 15 is 0 Å². The largest absolute Gasteiger partial charge is 0.487 e. The van der Waals surface area contributed by atoms with E-state index < -0.39 is 10.9 Å². The topological polar surface area (TPSA) is 110 Å². The zero-order chi connectivity index (χ0) is 14.3. The Labute approximate surface area is 109 Å². The summed E-state index contributed by atoms with van der Waals surface area (Å²) in [6.45, 7) is 0.332. The second-order valence-electron chi connectivity index (χ2n) is 3.88. The predicted octanol–water partition coefficient (Wildman–Crippen LogP) is 1.83. The van der Waals surface area contributed by atoms with E-state index in [0.29, 0.717) is 12.8 Å². The smallest absolute Gasteiger partial charge is 0.335 e. The lowest BCUT2D eigenvalue weighted by Crippen LogP contribution is -2.03. The van der Waals surface area contributed by atoms with Gasteiger partial charge in [-0.25, -0.2) is 4.79 Å². The number of carboxylic acids is 1. The van der Waals surface area contributed by atoms with Crippen molar-refractivity contribution in [2.24, 2.45) is 0 Å². The normalized spacial score (nSPS) is 10.2. The SMILES string of the molecule is O=C(O)c1ccc([N+](=O)[O-])c(OCCCCCO)c1. The molecule has 0 unspecified atom stereocenters. The molecule has 0 amide bonds. The molecule has 0 saturated heterocycles. The molecule has 0 fully saturated rings. The summed E-state index contributed by atoms with van der Waals surface area (Å²) in [7, 11) is 0. The van der Waals surface area contributed by atoms with Gasteiger partial charge in [0.1, 0.15) is 0 Å². The lowest BCUT2D eigenvalue weighted by atomic mass is 10.2. The standard InChI is InChI=1S/C12H15NO6/c14-6-2-1-3-7-19-11-8-9(12(15)16)4-5-10(11)13(17)18/h4-5,8,14H,1-3,6-7H2,(H,15,16). The number of benzene rings is 1. The van der Waals surface area contributed by atoms with E-state index in [1.165, 1.54) is 6.07 Å². The monoisotopic (exact) mass is 269 g/mol. The van der Waals surface area contributed by atoms with Crippen LogP contribution in [0.15, 0.2) is 18.2 Å². The number of hydrogen-bond donors (Lipinski definition) is 2. The number of carboxylic acid groups (broad SMARTS) is 1. The van der Waals surface area contributed by atoms with Crippen LogP contribution in [0.5, 0.6) is 5.75 Å². The van der Waals surface area contributed by atoms with Gasteiger partial charge in [-0.2, -0.15) is 0 Å². The van der Waals surface area contributed by atoms with Crippen LogP contribution in [0.3, 0.4) is 0 Å². The Balaban J connectivity index is 2.74. The van der Waals surface area contributed by atoms with Crippen LogP contribution in [-0.4, -0.2) is 34.3 Å². The fourth-order valence-corrected chi connectivity index (χ4v) is 1.49. The number of nitro benzene ring substituents is 1. The number of nitrogens with zero attached hydrogens (tertiary/aromatic N) is 1. The fraction of sp³-hybridized carbons (Fsp3) is 0.417. The summed E-state index contributed by atoms with van der Waals surface area (Å²) in [5.41, 5.74) is -0.317. The minimum atomic E-state index is -1.17. The number of hydrogen-bond acceptors (Lipinski definition) is 5. The minimum Gasteiger partial charge on any atom is -0.487 e.